The molecule has 4 rings (SSSR count). The molecule has 1 aromatic heterocycles. The molecular weight excluding hydrogens is 398 g/mol. The van der Waals surface area contributed by atoms with Gasteiger partial charge in [-0.05, 0) is 69.4 Å². The highest BCUT2D eigenvalue weighted by Crippen LogP contribution is 2.40. The van der Waals surface area contributed by atoms with E-state index in [-0.39, 0.29) is 18.6 Å². The van der Waals surface area contributed by atoms with E-state index in [0.29, 0.717) is 37.3 Å². The number of H-pyrrole nitrogens is 1. The van der Waals surface area contributed by atoms with Gasteiger partial charge in [0.05, 0.1) is 14.0 Å². The third-order valence-electron chi connectivity index (χ3n) is 7.10. The molecule has 3 heterocycles. The molecule has 2 saturated heterocycles. The number of amides is 1. The summed E-state index contributed by atoms with van der Waals surface area (Å²) in [5, 5.41) is 20.5. The van der Waals surface area contributed by atoms with Crippen LogP contribution >= 0.6 is 0 Å². The van der Waals surface area contributed by atoms with E-state index in [9.17, 15) is 9.59 Å². The molecule has 0 unspecified atom stereocenters. The molecule has 3 aliphatic rings. The Morgan fingerprint density at radius 1 is 1.23 bits per heavy atom. The summed E-state index contributed by atoms with van der Waals surface area (Å²) in [5.41, 5.74) is 0. The predicted octanol–water partition coefficient (Wildman–Crippen LogP) is 0.280. The van der Waals surface area contributed by atoms with Crippen LogP contribution < -0.4 is 10.6 Å². The zero-order valence-electron chi connectivity index (χ0n) is 19.3. The number of rotatable bonds is 8. The number of hydrogen-bond acceptors (Lipinski definition) is 8. The summed E-state index contributed by atoms with van der Waals surface area (Å²) in [6.07, 6.45) is 7.41. The summed E-state index contributed by atoms with van der Waals surface area (Å²) in [5.74, 6) is 1.63. The van der Waals surface area contributed by atoms with Crippen LogP contribution in [-0.2, 0) is 20.7 Å². The lowest BCUT2D eigenvalue weighted by Gasteiger charge is -2.42. The lowest BCUT2D eigenvalue weighted by molar-refractivity contribution is -0.149. The van der Waals surface area contributed by atoms with E-state index in [1.54, 1.807) is 11.9 Å². The lowest BCUT2D eigenvalue weighted by atomic mass is 9.69. The molecule has 5 atom stereocenters. The zero-order chi connectivity index (χ0) is 22.6. The Morgan fingerprint density at radius 3 is 2.90 bits per heavy atom. The van der Waals surface area contributed by atoms with Crippen molar-refractivity contribution in [1.82, 2.24) is 36.2 Å². The summed E-state index contributed by atoms with van der Waals surface area (Å²) in [6.45, 7) is 1.99. The maximum atomic E-state index is 12.7. The van der Waals surface area contributed by atoms with Crippen LogP contribution in [0.2, 0.25) is 0 Å². The number of esters is 1. The third-order valence-corrected chi connectivity index (χ3v) is 7.10. The normalized spacial score (nSPS) is 33.4. The van der Waals surface area contributed by atoms with Crippen molar-refractivity contribution in [2.24, 2.45) is 17.8 Å². The monoisotopic (exact) mass is 434 g/mol. The zero-order valence-corrected chi connectivity index (χ0v) is 18.3. The highest BCUT2D eigenvalue weighted by atomic mass is 16.5. The highest BCUT2D eigenvalue weighted by Gasteiger charge is 2.38. The number of nitrogens with zero attached hydrogens (tertiary/aromatic N) is 4. The first-order valence-electron chi connectivity index (χ1n) is 12.1. The number of nitrogens with one attached hydrogen (secondary N) is 3. The molecule has 2 aliphatic heterocycles. The number of aromatic amines is 1. The number of carbonyl (C=O) groups excluding carboxylic acids is 2. The smallest absolute Gasteiger partial charge is 0.323 e. The minimum Gasteiger partial charge on any atom is -0.463 e. The number of aryl methyl sites for hydroxylation is 1. The highest BCUT2D eigenvalue weighted by molar-refractivity contribution is 5.82. The van der Waals surface area contributed by atoms with Gasteiger partial charge in [-0.3, -0.25) is 9.59 Å². The molecule has 3 N–H and O–H groups in total. The molecule has 0 aromatic carbocycles. The second-order valence-corrected chi connectivity index (χ2v) is 9.17. The number of fused-ring (bicyclic) bond motifs is 1. The van der Waals surface area contributed by atoms with E-state index >= 15 is 0 Å². The quantitative estimate of drug-likeness (QED) is 0.498. The molecule has 3 fully saturated rings. The molecule has 1 saturated carbocycles. The van der Waals surface area contributed by atoms with Crippen molar-refractivity contribution in [2.75, 3.05) is 33.3 Å². The van der Waals surface area contributed by atoms with Crippen LogP contribution in [0.1, 0.15) is 52.1 Å². The molecule has 1 amide bonds. The standard InChI is InChI=1S/C21H35N7O3/c1-28(20(29)17-3-2-8-22-17)9-10-31-21(30)18-12-16-11-14(4-6-15(16)13-23-18)5-7-19-24-26-27-25-19/h14-18,22-23H,2-13H2,1H3,(H,24,25,26,27)/t14-,15+,16-,17-,18+/m1/s1/i18D. The minimum absolute atomic E-state index is 0.0341. The van der Waals surface area contributed by atoms with Crippen molar-refractivity contribution >= 4 is 11.9 Å². The Balaban J connectivity index is 1.22. The number of ether oxygens (including phenoxy) is 1. The first kappa shape index (κ1) is 20.8. The van der Waals surface area contributed by atoms with Crippen LogP contribution in [0, 0.1) is 17.8 Å². The van der Waals surface area contributed by atoms with Crippen LogP contribution in [0.15, 0.2) is 0 Å². The van der Waals surface area contributed by atoms with Crippen molar-refractivity contribution in [3.05, 3.63) is 5.82 Å². The van der Waals surface area contributed by atoms with Crippen molar-refractivity contribution in [3.63, 3.8) is 0 Å². The van der Waals surface area contributed by atoms with E-state index in [4.69, 9.17) is 6.11 Å². The molecule has 10 heteroatoms. The number of piperidine rings is 1. The maximum absolute atomic E-state index is 12.7. The van der Waals surface area contributed by atoms with Crippen molar-refractivity contribution < 1.29 is 15.7 Å². The summed E-state index contributed by atoms with van der Waals surface area (Å²) in [7, 11) is 1.73. The van der Waals surface area contributed by atoms with Gasteiger partial charge in [0.15, 0.2) is 5.82 Å². The van der Waals surface area contributed by atoms with Gasteiger partial charge in [-0.25, -0.2) is 0 Å². The van der Waals surface area contributed by atoms with Crippen LogP contribution in [0.5, 0.6) is 0 Å². The third kappa shape index (κ3) is 5.79. The van der Waals surface area contributed by atoms with Crippen LogP contribution in [0.4, 0.5) is 0 Å². The maximum Gasteiger partial charge on any atom is 0.323 e. The Hall–Kier alpha value is -2.07. The number of aromatic nitrogens is 4. The van der Waals surface area contributed by atoms with Gasteiger partial charge in [0, 0.05) is 13.5 Å². The Bertz CT molecular complexity index is 773. The molecular formula is C21H35N7O3. The fourth-order valence-corrected chi connectivity index (χ4v) is 5.20. The van der Waals surface area contributed by atoms with Crippen LogP contribution in [0.3, 0.4) is 0 Å². The average molecular weight is 435 g/mol. The van der Waals surface area contributed by atoms with Crippen molar-refractivity contribution in [1.29, 1.82) is 0 Å². The number of tetrazole rings is 1. The van der Waals surface area contributed by atoms with E-state index in [0.717, 1.165) is 57.3 Å². The van der Waals surface area contributed by atoms with Gasteiger partial charge in [0.25, 0.3) is 0 Å². The fourth-order valence-electron chi connectivity index (χ4n) is 5.20. The molecule has 31 heavy (non-hydrogen) atoms. The van der Waals surface area contributed by atoms with Gasteiger partial charge in [-0.1, -0.05) is 11.6 Å². The van der Waals surface area contributed by atoms with Gasteiger partial charge in [0.2, 0.25) is 5.91 Å². The summed E-state index contributed by atoms with van der Waals surface area (Å²) in [4.78, 5) is 26.7. The second-order valence-electron chi connectivity index (χ2n) is 9.17. The summed E-state index contributed by atoms with van der Waals surface area (Å²) < 4.78 is 14.2. The van der Waals surface area contributed by atoms with Crippen molar-refractivity contribution in [2.45, 2.75) is 63.4 Å². The van der Waals surface area contributed by atoms with Crippen molar-refractivity contribution in [3.8, 4) is 0 Å². The molecule has 10 nitrogen and oxygen atoms in total. The largest absolute Gasteiger partial charge is 0.463 e. The first-order valence-corrected chi connectivity index (χ1v) is 11.6. The van der Waals surface area contributed by atoms with Crippen LogP contribution in [-0.4, -0.2) is 82.7 Å². The Kier molecular flexibility index (Phi) is 7.05. The molecule has 1 aliphatic carbocycles. The van der Waals surface area contributed by atoms with Crippen LogP contribution in [0.25, 0.3) is 0 Å². The van der Waals surface area contributed by atoms with Gasteiger partial charge < -0.3 is 20.3 Å². The SMILES string of the molecule is [2H][C@@]1(C(=O)OCCN(C)C(=O)[C@H]2CCCN2)C[C@H]2C[C@@H](CCc3nn[nH]n3)CC[C@H]2CN1. The summed E-state index contributed by atoms with van der Waals surface area (Å²) in [6, 6.07) is -1.54. The van der Waals surface area contributed by atoms with E-state index in [1.807, 2.05) is 0 Å². The number of likely N-dealkylation sites (N-methyl/N-ethyl adjacent to an activating group) is 1. The average Bonchev–Trinajstić information content (AvgIpc) is 3.51. The Morgan fingerprint density at radius 2 is 2.13 bits per heavy atom. The number of carbonyl (C=O) groups is 2. The first-order chi connectivity index (χ1) is 15.4. The predicted molar refractivity (Wildman–Crippen MR) is 113 cm³/mol. The molecule has 0 bridgehead atoms. The van der Waals surface area contributed by atoms with Gasteiger partial charge in [0.1, 0.15) is 12.6 Å². The fraction of sp³-hybridized carbons (Fsp3) is 0.857. The van der Waals surface area contributed by atoms with Gasteiger partial charge in [-0.15, -0.1) is 10.2 Å². The lowest BCUT2D eigenvalue weighted by Crippen LogP contribution is -2.50. The molecule has 0 spiro atoms. The minimum atomic E-state index is -1.41. The summed E-state index contributed by atoms with van der Waals surface area (Å²) >= 11 is 0. The molecule has 1 aromatic rings. The van der Waals surface area contributed by atoms with E-state index < -0.39 is 12.0 Å². The van der Waals surface area contributed by atoms with Gasteiger partial charge >= 0.3 is 5.97 Å². The second kappa shape index (κ2) is 10.5. The molecule has 0 radical (unpaired) electrons. The Labute approximate surface area is 184 Å². The number of hydrogen-bond donors (Lipinski definition) is 3. The van der Waals surface area contributed by atoms with Gasteiger partial charge in [-0.2, -0.15) is 5.21 Å². The van der Waals surface area contributed by atoms with E-state index in [2.05, 4.69) is 31.3 Å². The topological polar surface area (TPSA) is 125 Å². The van der Waals surface area contributed by atoms with E-state index in [1.165, 1.54) is 0 Å². The molecule has 172 valence electrons.